The molecule has 2 aromatic rings. The van der Waals surface area contributed by atoms with Crippen molar-refractivity contribution in [1.29, 1.82) is 0 Å². The van der Waals surface area contributed by atoms with E-state index >= 15 is 0 Å². The summed E-state index contributed by atoms with van der Waals surface area (Å²) >= 11 is 0. The van der Waals surface area contributed by atoms with Gasteiger partial charge in [-0.25, -0.2) is 12.8 Å². The lowest BCUT2D eigenvalue weighted by molar-refractivity contribution is 0.0925. The molecule has 2 aromatic carbocycles. The van der Waals surface area contributed by atoms with Crippen LogP contribution in [0.2, 0.25) is 0 Å². The van der Waals surface area contributed by atoms with Gasteiger partial charge >= 0.3 is 0 Å². The van der Waals surface area contributed by atoms with Crippen LogP contribution in [0.25, 0.3) is 0 Å². The van der Waals surface area contributed by atoms with Gasteiger partial charge in [-0.05, 0) is 30.3 Å². The number of nitrogens with one attached hydrogen (secondary N) is 2. The summed E-state index contributed by atoms with van der Waals surface area (Å²) in [5, 5.41) is 5.05. The predicted molar refractivity (Wildman–Crippen MR) is 90.6 cm³/mol. The first kappa shape index (κ1) is 18.6. The maximum absolute atomic E-state index is 13.5. The summed E-state index contributed by atoms with van der Waals surface area (Å²) in [5.74, 6) is -1.67. The maximum atomic E-state index is 13.5. The minimum Gasteiger partial charge on any atom is -0.350 e. The van der Waals surface area contributed by atoms with Gasteiger partial charge in [-0.1, -0.05) is 18.2 Å². The van der Waals surface area contributed by atoms with Gasteiger partial charge in [0.15, 0.2) is 9.84 Å². The molecule has 0 aromatic heterocycles. The number of carbonyl (C=O) groups is 2. The molecule has 0 unspecified atom stereocenters. The highest BCUT2D eigenvalue weighted by atomic mass is 32.2. The number of hydrogen-bond donors (Lipinski definition) is 2. The standard InChI is InChI=1S/C17H17FN2O4S/c1-25(23,24)13-6-4-5-12(11-13)16(21)19-9-10-20-17(22)14-7-2-3-8-15(14)18/h2-8,11H,9-10H2,1H3,(H,19,21)(H,20,22). The van der Waals surface area contributed by atoms with Crippen molar-refractivity contribution in [3.05, 3.63) is 65.5 Å². The van der Waals surface area contributed by atoms with Crippen LogP contribution in [0, 0.1) is 5.82 Å². The Bertz CT molecular complexity index is 897. The van der Waals surface area contributed by atoms with Crippen LogP contribution < -0.4 is 10.6 Å². The maximum Gasteiger partial charge on any atom is 0.254 e. The third-order valence-electron chi connectivity index (χ3n) is 3.34. The van der Waals surface area contributed by atoms with Gasteiger partial charge < -0.3 is 10.6 Å². The van der Waals surface area contributed by atoms with Gasteiger partial charge in [0.1, 0.15) is 5.82 Å². The quantitative estimate of drug-likeness (QED) is 0.758. The molecule has 0 fully saturated rings. The van der Waals surface area contributed by atoms with E-state index in [9.17, 15) is 22.4 Å². The van der Waals surface area contributed by atoms with E-state index in [2.05, 4.69) is 10.6 Å². The summed E-state index contributed by atoms with van der Waals surface area (Å²) in [6.45, 7) is 0.215. The van der Waals surface area contributed by atoms with Crippen molar-refractivity contribution in [3.63, 3.8) is 0 Å². The van der Waals surface area contributed by atoms with Gasteiger partial charge in [0.05, 0.1) is 10.5 Å². The van der Waals surface area contributed by atoms with Crippen LogP contribution in [-0.4, -0.2) is 39.6 Å². The van der Waals surface area contributed by atoms with Crippen molar-refractivity contribution in [1.82, 2.24) is 10.6 Å². The summed E-state index contributed by atoms with van der Waals surface area (Å²) in [6.07, 6.45) is 1.06. The van der Waals surface area contributed by atoms with E-state index in [1.807, 2.05) is 0 Å². The molecule has 0 aliphatic carbocycles. The molecule has 2 amide bonds. The smallest absolute Gasteiger partial charge is 0.254 e. The van der Waals surface area contributed by atoms with Crippen LogP contribution in [0.5, 0.6) is 0 Å². The molecule has 0 atom stereocenters. The number of hydrogen-bond acceptors (Lipinski definition) is 4. The van der Waals surface area contributed by atoms with Crippen LogP contribution in [0.15, 0.2) is 53.4 Å². The molecule has 0 spiro atoms. The first-order valence-electron chi connectivity index (χ1n) is 7.40. The minimum atomic E-state index is -3.40. The van der Waals surface area contributed by atoms with E-state index in [-0.39, 0.29) is 29.1 Å². The van der Waals surface area contributed by atoms with Crippen molar-refractivity contribution in [2.45, 2.75) is 4.90 Å². The summed E-state index contributed by atoms with van der Waals surface area (Å²) in [4.78, 5) is 23.9. The van der Waals surface area contributed by atoms with E-state index in [0.29, 0.717) is 0 Å². The van der Waals surface area contributed by atoms with Gasteiger partial charge in [-0.3, -0.25) is 9.59 Å². The highest BCUT2D eigenvalue weighted by Gasteiger charge is 2.12. The highest BCUT2D eigenvalue weighted by Crippen LogP contribution is 2.11. The molecule has 2 N–H and O–H groups in total. The molecule has 6 nitrogen and oxygen atoms in total. The largest absolute Gasteiger partial charge is 0.350 e. The zero-order valence-electron chi connectivity index (χ0n) is 13.5. The fraction of sp³-hybridized carbons (Fsp3) is 0.176. The van der Waals surface area contributed by atoms with Gasteiger partial charge in [-0.15, -0.1) is 0 Å². The molecule has 2 rings (SSSR count). The molecule has 0 saturated carbocycles. The SMILES string of the molecule is CS(=O)(=O)c1cccc(C(=O)NCCNC(=O)c2ccccc2F)c1. The van der Waals surface area contributed by atoms with E-state index in [4.69, 9.17) is 0 Å². The molecule has 132 valence electrons. The molecular formula is C17H17FN2O4S. The van der Waals surface area contributed by atoms with Crippen molar-refractivity contribution in [2.24, 2.45) is 0 Å². The summed E-state index contributed by atoms with van der Waals surface area (Å²) < 4.78 is 36.4. The lowest BCUT2D eigenvalue weighted by Crippen LogP contribution is -2.35. The molecule has 0 aliphatic rings. The first-order chi connectivity index (χ1) is 11.8. The molecule has 0 radical (unpaired) electrons. The Labute approximate surface area is 145 Å². The summed E-state index contributed by atoms with van der Waals surface area (Å²) in [6, 6.07) is 11.2. The van der Waals surface area contributed by atoms with Gasteiger partial charge in [0, 0.05) is 24.9 Å². The zero-order chi connectivity index (χ0) is 18.4. The second kappa shape index (κ2) is 7.89. The molecule has 0 bridgehead atoms. The minimum absolute atomic E-state index is 0.0491. The molecule has 0 heterocycles. The monoisotopic (exact) mass is 364 g/mol. The third kappa shape index (κ3) is 5.12. The Balaban J connectivity index is 1.87. The third-order valence-corrected chi connectivity index (χ3v) is 4.45. The fourth-order valence-corrected chi connectivity index (χ4v) is 2.73. The fourth-order valence-electron chi connectivity index (χ4n) is 2.06. The van der Waals surface area contributed by atoms with E-state index in [0.717, 1.165) is 6.26 Å². The van der Waals surface area contributed by atoms with Crippen LogP contribution >= 0.6 is 0 Å². The summed E-state index contributed by atoms with van der Waals surface area (Å²) in [7, 11) is -3.40. The van der Waals surface area contributed by atoms with Crippen LogP contribution in [0.4, 0.5) is 4.39 Å². The Morgan fingerprint density at radius 2 is 1.60 bits per heavy atom. The molecule has 25 heavy (non-hydrogen) atoms. The Kier molecular flexibility index (Phi) is 5.87. The Morgan fingerprint density at radius 1 is 0.960 bits per heavy atom. The van der Waals surface area contributed by atoms with E-state index in [1.54, 1.807) is 6.07 Å². The topological polar surface area (TPSA) is 92.3 Å². The average molecular weight is 364 g/mol. The molecule has 0 saturated heterocycles. The number of rotatable bonds is 6. The van der Waals surface area contributed by atoms with Crippen molar-refractivity contribution >= 4 is 21.7 Å². The van der Waals surface area contributed by atoms with Crippen LogP contribution in [0.1, 0.15) is 20.7 Å². The van der Waals surface area contributed by atoms with E-state index < -0.39 is 27.5 Å². The number of halogens is 1. The van der Waals surface area contributed by atoms with Crippen molar-refractivity contribution in [3.8, 4) is 0 Å². The normalized spacial score (nSPS) is 11.0. The molecule has 0 aliphatic heterocycles. The van der Waals surface area contributed by atoms with Crippen LogP contribution in [-0.2, 0) is 9.84 Å². The predicted octanol–water partition coefficient (Wildman–Crippen LogP) is 1.39. The van der Waals surface area contributed by atoms with Gasteiger partial charge in [-0.2, -0.15) is 0 Å². The lowest BCUT2D eigenvalue weighted by Gasteiger charge is -2.08. The number of amides is 2. The number of benzene rings is 2. The van der Waals surface area contributed by atoms with Crippen LogP contribution in [0.3, 0.4) is 0 Å². The van der Waals surface area contributed by atoms with Gasteiger partial charge in [0.25, 0.3) is 11.8 Å². The van der Waals surface area contributed by atoms with Crippen molar-refractivity contribution in [2.75, 3.05) is 19.3 Å². The highest BCUT2D eigenvalue weighted by molar-refractivity contribution is 7.90. The number of carbonyl (C=O) groups excluding carboxylic acids is 2. The second-order valence-electron chi connectivity index (χ2n) is 5.29. The summed E-state index contributed by atoms with van der Waals surface area (Å²) in [5.41, 5.74) is 0.123. The zero-order valence-corrected chi connectivity index (χ0v) is 14.3. The molecule has 8 heteroatoms. The second-order valence-corrected chi connectivity index (χ2v) is 7.31. The number of sulfone groups is 1. The Hall–Kier alpha value is -2.74. The van der Waals surface area contributed by atoms with Gasteiger partial charge in [0.2, 0.25) is 0 Å². The first-order valence-corrected chi connectivity index (χ1v) is 9.29. The lowest BCUT2D eigenvalue weighted by atomic mass is 10.2. The average Bonchev–Trinajstić information content (AvgIpc) is 2.58. The van der Waals surface area contributed by atoms with E-state index in [1.165, 1.54) is 42.5 Å². The molecular weight excluding hydrogens is 347 g/mol. The van der Waals surface area contributed by atoms with Crippen molar-refractivity contribution < 1.29 is 22.4 Å². The Morgan fingerprint density at radius 3 is 2.24 bits per heavy atom.